The van der Waals surface area contributed by atoms with Gasteiger partial charge in [0.1, 0.15) is 0 Å². The first kappa shape index (κ1) is 14.2. The topological polar surface area (TPSA) is 41.6 Å². The second kappa shape index (κ2) is 5.68. The van der Waals surface area contributed by atoms with Crippen LogP contribution in [0.5, 0.6) is 0 Å². The third-order valence-corrected chi connectivity index (χ3v) is 2.92. The first-order valence-electron chi connectivity index (χ1n) is 5.38. The minimum absolute atomic E-state index is 0.0213. The van der Waals surface area contributed by atoms with Gasteiger partial charge in [0.25, 0.3) is 0 Å². The van der Waals surface area contributed by atoms with Crippen molar-refractivity contribution in [1.29, 1.82) is 0 Å². The van der Waals surface area contributed by atoms with E-state index < -0.39 is 18.0 Å². The molecule has 0 unspecified atom stereocenters. The zero-order chi connectivity index (χ0) is 13.1. The van der Waals surface area contributed by atoms with Crippen LogP contribution in [0, 0.1) is 11.8 Å². The van der Waals surface area contributed by atoms with E-state index in [0.29, 0.717) is 0 Å². The highest BCUT2D eigenvalue weighted by atomic mass is 19.4. The van der Waals surface area contributed by atoms with E-state index in [1.54, 1.807) is 7.05 Å². The molecule has 1 heterocycles. The number of hydrogen-bond donors (Lipinski definition) is 1. The normalized spacial score (nSPS) is 25.4. The zero-order valence-corrected chi connectivity index (χ0v) is 9.88. The number of likely N-dealkylation sites (tertiary alicyclic amines) is 1. The Morgan fingerprint density at radius 2 is 2.12 bits per heavy atom. The van der Waals surface area contributed by atoms with Crippen LogP contribution in [0.4, 0.5) is 13.2 Å². The molecule has 0 aromatic heterocycles. The third kappa shape index (κ3) is 3.57. The van der Waals surface area contributed by atoms with Crippen LogP contribution in [0.15, 0.2) is 0 Å². The summed E-state index contributed by atoms with van der Waals surface area (Å²) in [5.74, 6) is -2.45. The Labute approximate surface area is 98.1 Å². The van der Waals surface area contributed by atoms with Gasteiger partial charge in [-0.15, -0.1) is 0 Å². The molecule has 0 saturated carbocycles. The lowest BCUT2D eigenvalue weighted by atomic mass is 9.96. The van der Waals surface area contributed by atoms with Crippen LogP contribution < -0.4 is 5.32 Å². The van der Waals surface area contributed by atoms with Gasteiger partial charge in [-0.2, -0.15) is 13.2 Å². The van der Waals surface area contributed by atoms with Crippen molar-refractivity contribution in [2.75, 3.05) is 40.4 Å². The van der Waals surface area contributed by atoms with Gasteiger partial charge in [0, 0.05) is 26.1 Å². The van der Waals surface area contributed by atoms with Crippen molar-refractivity contribution in [3.8, 4) is 0 Å². The second-order valence-electron chi connectivity index (χ2n) is 4.19. The van der Waals surface area contributed by atoms with Gasteiger partial charge in [0.05, 0.1) is 19.1 Å². The number of rotatable bonds is 4. The molecular weight excluding hydrogens is 237 g/mol. The highest BCUT2D eigenvalue weighted by Gasteiger charge is 2.50. The molecule has 0 aliphatic carbocycles. The molecule has 1 saturated heterocycles. The first-order chi connectivity index (χ1) is 7.90. The Hall–Kier alpha value is -0.820. The lowest BCUT2D eigenvalue weighted by Crippen LogP contribution is -2.36. The summed E-state index contributed by atoms with van der Waals surface area (Å²) in [5.41, 5.74) is 0. The Morgan fingerprint density at radius 1 is 1.47 bits per heavy atom. The molecule has 1 aliphatic heterocycles. The second-order valence-corrected chi connectivity index (χ2v) is 4.19. The number of methoxy groups -OCH3 is 1. The van der Waals surface area contributed by atoms with E-state index in [0.717, 1.165) is 0 Å². The summed E-state index contributed by atoms with van der Waals surface area (Å²) in [6.45, 7) is -0.0750. The summed E-state index contributed by atoms with van der Waals surface area (Å²) < 4.78 is 43.0. The standard InChI is InChI=1S/C10H17F3N2O2/c1-14-3-9(16)15-4-7(6-17-2)8(5-15)10(11,12)13/h7-8,14H,3-6H2,1-2H3/t7-,8-/m0/s1. The average Bonchev–Trinajstić information content (AvgIpc) is 2.62. The molecule has 1 aliphatic rings. The molecule has 7 heteroatoms. The molecular formula is C10H17F3N2O2. The van der Waals surface area contributed by atoms with Gasteiger partial charge in [-0.1, -0.05) is 0 Å². The maximum Gasteiger partial charge on any atom is 0.393 e. The highest BCUT2D eigenvalue weighted by molar-refractivity contribution is 5.78. The largest absolute Gasteiger partial charge is 0.393 e. The van der Waals surface area contributed by atoms with E-state index in [1.165, 1.54) is 12.0 Å². The summed E-state index contributed by atoms with van der Waals surface area (Å²) in [6, 6.07) is 0. The summed E-state index contributed by atoms with van der Waals surface area (Å²) in [6.07, 6.45) is -4.28. The van der Waals surface area contributed by atoms with E-state index in [4.69, 9.17) is 4.74 Å². The van der Waals surface area contributed by atoms with Crippen LogP contribution in [0.1, 0.15) is 0 Å². The number of ether oxygens (including phenoxy) is 1. The molecule has 17 heavy (non-hydrogen) atoms. The Bertz CT molecular complexity index is 271. The molecule has 1 N–H and O–H groups in total. The molecule has 0 aromatic rings. The summed E-state index contributed by atoms with van der Waals surface area (Å²) >= 11 is 0. The number of hydrogen-bond acceptors (Lipinski definition) is 3. The van der Waals surface area contributed by atoms with Crippen molar-refractivity contribution in [2.24, 2.45) is 11.8 Å². The molecule has 0 aromatic carbocycles. The molecule has 1 rings (SSSR count). The van der Waals surface area contributed by atoms with E-state index in [-0.39, 0.29) is 32.1 Å². The van der Waals surface area contributed by atoms with Crippen molar-refractivity contribution in [1.82, 2.24) is 10.2 Å². The lowest BCUT2D eigenvalue weighted by Gasteiger charge is -2.19. The number of likely N-dealkylation sites (N-methyl/N-ethyl adjacent to an activating group) is 1. The number of nitrogens with one attached hydrogen (secondary N) is 1. The minimum Gasteiger partial charge on any atom is -0.384 e. The van der Waals surface area contributed by atoms with Gasteiger partial charge in [-0.05, 0) is 7.05 Å². The maximum atomic E-state index is 12.7. The highest BCUT2D eigenvalue weighted by Crippen LogP contribution is 2.37. The molecule has 1 fully saturated rings. The van der Waals surface area contributed by atoms with Crippen molar-refractivity contribution in [3.05, 3.63) is 0 Å². The zero-order valence-electron chi connectivity index (χ0n) is 9.88. The number of amides is 1. The summed E-state index contributed by atoms with van der Waals surface area (Å²) in [5, 5.41) is 2.64. The SMILES string of the molecule is CNCC(=O)N1C[C@@H](COC)[C@@H](C(F)(F)F)C1. The summed E-state index contributed by atoms with van der Waals surface area (Å²) in [7, 11) is 2.95. The molecule has 4 nitrogen and oxygen atoms in total. The molecule has 2 atom stereocenters. The number of alkyl halides is 3. The van der Waals surface area contributed by atoms with Crippen molar-refractivity contribution < 1.29 is 22.7 Å². The fraction of sp³-hybridized carbons (Fsp3) is 0.900. The predicted octanol–water partition coefficient (Wildman–Crippen LogP) is 0.489. The lowest BCUT2D eigenvalue weighted by molar-refractivity contribution is -0.183. The van der Waals surface area contributed by atoms with E-state index >= 15 is 0 Å². The van der Waals surface area contributed by atoms with Gasteiger partial charge in [0.2, 0.25) is 5.91 Å². The predicted molar refractivity (Wildman–Crippen MR) is 55.4 cm³/mol. The van der Waals surface area contributed by atoms with Crippen LogP contribution in [-0.2, 0) is 9.53 Å². The fourth-order valence-electron chi connectivity index (χ4n) is 2.09. The van der Waals surface area contributed by atoms with Crippen LogP contribution >= 0.6 is 0 Å². The average molecular weight is 254 g/mol. The van der Waals surface area contributed by atoms with Crippen molar-refractivity contribution in [3.63, 3.8) is 0 Å². The van der Waals surface area contributed by atoms with E-state index in [2.05, 4.69) is 5.32 Å². The third-order valence-electron chi connectivity index (χ3n) is 2.92. The molecule has 0 radical (unpaired) electrons. The maximum absolute atomic E-state index is 12.7. The van der Waals surface area contributed by atoms with Crippen LogP contribution in [-0.4, -0.2) is 57.4 Å². The Morgan fingerprint density at radius 3 is 2.59 bits per heavy atom. The van der Waals surface area contributed by atoms with Crippen LogP contribution in [0.25, 0.3) is 0 Å². The monoisotopic (exact) mass is 254 g/mol. The molecule has 100 valence electrons. The summed E-state index contributed by atoms with van der Waals surface area (Å²) in [4.78, 5) is 12.8. The first-order valence-corrected chi connectivity index (χ1v) is 5.38. The van der Waals surface area contributed by atoms with E-state index in [1.807, 2.05) is 0 Å². The number of carbonyl (C=O) groups is 1. The smallest absolute Gasteiger partial charge is 0.384 e. The quantitative estimate of drug-likeness (QED) is 0.794. The molecule has 1 amide bonds. The van der Waals surface area contributed by atoms with Gasteiger partial charge >= 0.3 is 6.18 Å². The molecule has 0 bridgehead atoms. The number of nitrogens with zero attached hydrogens (tertiary/aromatic N) is 1. The fourth-order valence-corrected chi connectivity index (χ4v) is 2.09. The van der Waals surface area contributed by atoms with Crippen molar-refractivity contribution in [2.45, 2.75) is 6.18 Å². The van der Waals surface area contributed by atoms with Crippen molar-refractivity contribution >= 4 is 5.91 Å². The van der Waals surface area contributed by atoms with Crippen LogP contribution in [0.2, 0.25) is 0 Å². The Kier molecular flexibility index (Phi) is 4.76. The molecule has 0 spiro atoms. The van der Waals surface area contributed by atoms with Gasteiger partial charge in [0.15, 0.2) is 0 Å². The van der Waals surface area contributed by atoms with Crippen LogP contribution in [0.3, 0.4) is 0 Å². The van der Waals surface area contributed by atoms with E-state index in [9.17, 15) is 18.0 Å². The van der Waals surface area contributed by atoms with Gasteiger partial charge in [-0.25, -0.2) is 0 Å². The Balaban J connectivity index is 2.68. The number of carbonyl (C=O) groups excluding carboxylic acids is 1. The van der Waals surface area contributed by atoms with Gasteiger partial charge < -0.3 is 15.0 Å². The number of halogens is 3. The van der Waals surface area contributed by atoms with Gasteiger partial charge in [-0.3, -0.25) is 4.79 Å². The minimum atomic E-state index is -4.28.